The van der Waals surface area contributed by atoms with Gasteiger partial charge >= 0.3 is 6.03 Å². The molecule has 170 valence electrons. The van der Waals surface area contributed by atoms with Crippen LogP contribution in [0.1, 0.15) is 38.8 Å². The summed E-state index contributed by atoms with van der Waals surface area (Å²) in [5, 5.41) is 2.26. The fourth-order valence-corrected chi connectivity index (χ4v) is 4.56. The molecule has 0 aliphatic carbocycles. The quantitative estimate of drug-likeness (QED) is 0.558. The summed E-state index contributed by atoms with van der Waals surface area (Å²) in [6, 6.07) is 11.6. The van der Waals surface area contributed by atoms with Crippen LogP contribution >= 0.6 is 0 Å². The van der Waals surface area contributed by atoms with Gasteiger partial charge in [0.05, 0.1) is 18.3 Å². The van der Waals surface area contributed by atoms with Crippen molar-refractivity contribution in [2.75, 3.05) is 23.5 Å². The van der Waals surface area contributed by atoms with E-state index in [4.69, 9.17) is 4.74 Å². The monoisotopic (exact) mass is 445 g/mol. The van der Waals surface area contributed by atoms with E-state index in [0.717, 1.165) is 28.3 Å². The highest BCUT2D eigenvalue weighted by Gasteiger charge is 2.37. The molecule has 33 heavy (non-hydrogen) atoms. The molecule has 2 aliphatic rings. The van der Waals surface area contributed by atoms with Gasteiger partial charge in [0.15, 0.2) is 0 Å². The summed E-state index contributed by atoms with van der Waals surface area (Å²) in [5.74, 6) is -0.788. The maximum Gasteiger partial charge on any atom is 0.335 e. The molecule has 7 nitrogen and oxygen atoms in total. The number of carbonyl (C=O) groups is 3. The Labute approximate surface area is 193 Å². The van der Waals surface area contributed by atoms with E-state index in [2.05, 4.69) is 44.0 Å². The fraction of sp³-hybridized carbons (Fsp3) is 0.269. The molecule has 2 aromatic carbocycles. The Balaban J connectivity index is 1.72. The lowest BCUT2D eigenvalue weighted by Crippen LogP contribution is -2.54. The second-order valence-corrected chi connectivity index (χ2v) is 8.66. The smallest absolute Gasteiger partial charge is 0.335 e. The van der Waals surface area contributed by atoms with Gasteiger partial charge in [-0.05, 0) is 81.3 Å². The molecule has 1 N–H and O–H groups in total. The van der Waals surface area contributed by atoms with E-state index in [0.29, 0.717) is 17.0 Å². The topological polar surface area (TPSA) is 79.0 Å². The summed E-state index contributed by atoms with van der Waals surface area (Å²) >= 11 is 0. The van der Waals surface area contributed by atoms with Crippen LogP contribution in [0.2, 0.25) is 0 Å². The van der Waals surface area contributed by atoms with Gasteiger partial charge in [0.1, 0.15) is 11.3 Å². The van der Waals surface area contributed by atoms with Crippen LogP contribution in [-0.2, 0) is 9.59 Å². The third kappa shape index (κ3) is 3.91. The number of barbiturate groups is 1. The zero-order valence-corrected chi connectivity index (χ0v) is 19.4. The number of nitrogens with one attached hydrogen (secondary N) is 1. The van der Waals surface area contributed by atoms with Crippen LogP contribution in [0.4, 0.5) is 16.2 Å². The van der Waals surface area contributed by atoms with Crippen LogP contribution in [0.5, 0.6) is 5.75 Å². The van der Waals surface area contributed by atoms with Crippen molar-refractivity contribution in [1.29, 1.82) is 0 Å². The lowest BCUT2D eigenvalue weighted by Gasteiger charge is -2.42. The first-order chi connectivity index (χ1) is 15.7. The van der Waals surface area contributed by atoms with E-state index >= 15 is 0 Å². The number of amides is 4. The summed E-state index contributed by atoms with van der Waals surface area (Å²) in [6.07, 6.45) is 3.75. The summed E-state index contributed by atoms with van der Waals surface area (Å²) in [4.78, 5) is 41.4. The van der Waals surface area contributed by atoms with Crippen molar-refractivity contribution in [2.24, 2.45) is 0 Å². The maximum atomic E-state index is 13.2. The Morgan fingerprint density at radius 1 is 1.06 bits per heavy atom. The molecule has 4 rings (SSSR count). The number of likely N-dealkylation sites (N-methyl/N-ethyl adjacent to an activating group) is 1. The Kier molecular flexibility index (Phi) is 5.57. The molecule has 0 radical (unpaired) electrons. The molecule has 0 spiro atoms. The lowest BCUT2D eigenvalue weighted by molar-refractivity contribution is -0.122. The van der Waals surface area contributed by atoms with Crippen LogP contribution in [0.3, 0.4) is 0 Å². The number of hydrogen-bond donors (Lipinski definition) is 1. The van der Waals surface area contributed by atoms with Crippen molar-refractivity contribution in [3.63, 3.8) is 0 Å². The zero-order chi connectivity index (χ0) is 23.9. The second-order valence-electron chi connectivity index (χ2n) is 8.66. The van der Waals surface area contributed by atoms with Crippen molar-refractivity contribution < 1.29 is 19.1 Å². The first kappa shape index (κ1) is 22.3. The van der Waals surface area contributed by atoms with Gasteiger partial charge in [-0.2, -0.15) is 0 Å². The molecule has 2 aromatic rings. The minimum absolute atomic E-state index is 0.101. The first-order valence-corrected chi connectivity index (χ1v) is 10.8. The van der Waals surface area contributed by atoms with Crippen LogP contribution in [0, 0.1) is 0 Å². The molecule has 1 saturated heterocycles. The Hall–Kier alpha value is -3.87. The van der Waals surface area contributed by atoms with Gasteiger partial charge in [-0.3, -0.25) is 14.9 Å². The average molecular weight is 446 g/mol. The Morgan fingerprint density at radius 2 is 1.76 bits per heavy atom. The number of nitrogens with zero attached hydrogens (tertiary/aromatic N) is 2. The minimum Gasteiger partial charge on any atom is -0.497 e. The number of imide groups is 2. The van der Waals surface area contributed by atoms with Crippen molar-refractivity contribution in [3.8, 4) is 5.75 Å². The molecule has 0 saturated carbocycles. The minimum atomic E-state index is -0.780. The SMILES string of the molecule is CCN1c2ccc(/C=C3/C(=O)NC(=O)N(c4ccc(OC)cc4)C3=O)cc2C(C)=CC1(C)C. The van der Waals surface area contributed by atoms with E-state index in [1.54, 1.807) is 24.3 Å². The molecule has 2 heterocycles. The van der Waals surface area contributed by atoms with Crippen LogP contribution in [0.25, 0.3) is 11.6 Å². The predicted octanol–water partition coefficient (Wildman–Crippen LogP) is 4.38. The first-order valence-electron chi connectivity index (χ1n) is 10.8. The van der Waals surface area contributed by atoms with Gasteiger partial charge in [-0.15, -0.1) is 0 Å². The second kappa shape index (κ2) is 8.24. The zero-order valence-electron chi connectivity index (χ0n) is 19.4. The molecule has 1 fully saturated rings. The van der Waals surface area contributed by atoms with Gasteiger partial charge in [-0.1, -0.05) is 12.1 Å². The Morgan fingerprint density at radius 3 is 2.39 bits per heavy atom. The highest BCUT2D eigenvalue weighted by atomic mass is 16.5. The number of carbonyl (C=O) groups excluding carboxylic acids is 3. The number of anilines is 2. The standard InChI is InChI=1S/C26H27N3O4/c1-6-28-22-12-7-17(13-20(22)16(2)15-26(28,3)4)14-21-23(30)27-25(32)29(24(21)31)18-8-10-19(33-5)11-9-18/h7-15H,6H2,1-5H3,(H,27,30,32)/b21-14-. The number of fused-ring (bicyclic) bond motifs is 1. The third-order valence-corrected chi connectivity index (χ3v) is 6.06. The van der Waals surface area contributed by atoms with Crippen molar-refractivity contribution in [2.45, 2.75) is 33.2 Å². The van der Waals surface area contributed by atoms with Gasteiger partial charge < -0.3 is 9.64 Å². The maximum absolute atomic E-state index is 13.2. The van der Waals surface area contributed by atoms with Gasteiger partial charge in [0.2, 0.25) is 0 Å². The lowest BCUT2D eigenvalue weighted by atomic mass is 9.88. The summed E-state index contributed by atoms with van der Waals surface area (Å²) in [7, 11) is 1.53. The third-order valence-electron chi connectivity index (χ3n) is 6.06. The number of benzene rings is 2. The molecular weight excluding hydrogens is 418 g/mol. The van der Waals surface area contributed by atoms with Crippen molar-refractivity contribution in [3.05, 3.63) is 65.2 Å². The normalized spacial score (nSPS) is 18.8. The number of allylic oxidation sites excluding steroid dienone is 1. The van der Waals surface area contributed by atoms with Crippen LogP contribution < -0.4 is 19.9 Å². The number of methoxy groups -OCH3 is 1. The number of hydrogen-bond acceptors (Lipinski definition) is 5. The number of ether oxygens (including phenoxy) is 1. The van der Waals surface area contributed by atoms with Crippen molar-refractivity contribution in [1.82, 2.24) is 5.32 Å². The van der Waals surface area contributed by atoms with Gasteiger partial charge in [0.25, 0.3) is 11.8 Å². The van der Waals surface area contributed by atoms with E-state index in [9.17, 15) is 14.4 Å². The fourth-order valence-electron chi connectivity index (χ4n) is 4.56. The predicted molar refractivity (Wildman–Crippen MR) is 129 cm³/mol. The number of urea groups is 1. The van der Waals surface area contributed by atoms with Gasteiger partial charge in [-0.25, -0.2) is 9.69 Å². The molecule has 0 bridgehead atoms. The van der Waals surface area contributed by atoms with E-state index in [1.807, 2.05) is 18.2 Å². The molecule has 0 aromatic heterocycles. The van der Waals surface area contributed by atoms with Crippen molar-refractivity contribution >= 4 is 40.9 Å². The van der Waals surface area contributed by atoms with E-state index < -0.39 is 17.8 Å². The van der Waals surface area contributed by atoms with Gasteiger partial charge in [0, 0.05) is 17.8 Å². The summed E-state index contributed by atoms with van der Waals surface area (Å²) in [6.45, 7) is 9.38. The highest BCUT2D eigenvalue weighted by molar-refractivity contribution is 6.39. The van der Waals surface area contributed by atoms with Crippen LogP contribution in [-0.4, -0.2) is 37.0 Å². The summed E-state index contributed by atoms with van der Waals surface area (Å²) < 4.78 is 5.13. The highest BCUT2D eigenvalue weighted by Crippen LogP contribution is 2.39. The summed E-state index contributed by atoms with van der Waals surface area (Å²) in [5.41, 5.74) is 4.15. The molecule has 4 amide bonds. The average Bonchev–Trinajstić information content (AvgIpc) is 2.77. The van der Waals surface area contributed by atoms with Crippen LogP contribution in [0.15, 0.2) is 54.1 Å². The Bertz CT molecular complexity index is 1210. The largest absolute Gasteiger partial charge is 0.497 e. The molecule has 2 aliphatic heterocycles. The molecular formula is C26H27N3O4. The van der Waals surface area contributed by atoms with E-state index in [-0.39, 0.29) is 11.1 Å². The molecule has 0 atom stereocenters. The van der Waals surface area contributed by atoms with E-state index in [1.165, 1.54) is 13.2 Å². The molecule has 7 heteroatoms. The number of rotatable bonds is 4. The molecule has 0 unspecified atom stereocenters.